The molecule has 2 aromatic heterocycles. The van der Waals surface area contributed by atoms with E-state index in [1.54, 1.807) is 32.3 Å². The second kappa shape index (κ2) is 63.1. The fraction of sp³-hybridized carbons (Fsp3) is 0.860. The van der Waals surface area contributed by atoms with E-state index in [1.165, 1.54) is 31.4 Å². The Labute approximate surface area is 803 Å². The number of aliphatic hydroxyl groups is 10. The van der Waals surface area contributed by atoms with Crippen molar-refractivity contribution in [1.82, 2.24) is 35.1 Å². The zero-order valence-electron chi connectivity index (χ0n) is 80.9. The van der Waals surface area contributed by atoms with Gasteiger partial charge in [0.05, 0.1) is 114 Å². The first kappa shape index (κ1) is 119. The van der Waals surface area contributed by atoms with Gasteiger partial charge in [-0.15, -0.1) is 0 Å². The number of carbonyl (C=O) groups excluding carboxylic acids is 8. The Kier molecular flexibility index (Phi) is 54.7. The van der Waals surface area contributed by atoms with Gasteiger partial charge in [-0.05, 0) is 110 Å². The van der Waals surface area contributed by atoms with Crippen molar-refractivity contribution in [2.24, 2.45) is 17.8 Å². The number of hydrogen-bond acceptors (Lipinski definition) is 37. The summed E-state index contributed by atoms with van der Waals surface area (Å²) in [5, 5.41) is 107. The number of amides is 3. The number of rotatable bonds is 74. The van der Waals surface area contributed by atoms with E-state index in [4.69, 9.17) is 60.9 Å². The lowest BCUT2D eigenvalue weighted by Crippen LogP contribution is -2.56. The second-order valence-corrected chi connectivity index (χ2v) is 41.3. The monoisotopic (exact) mass is 2000 g/mol. The molecule has 0 aromatic carbocycles. The summed E-state index contributed by atoms with van der Waals surface area (Å²) < 4.78 is 103. The number of ketones is 5. The van der Waals surface area contributed by atoms with E-state index in [0.717, 1.165) is 0 Å². The Morgan fingerprint density at radius 1 is 0.489 bits per heavy atom. The van der Waals surface area contributed by atoms with Gasteiger partial charge in [0.25, 0.3) is 0 Å². The number of aromatic nitrogens is 4. The third kappa shape index (κ3) is 41.8. The Balaban J connectivity index is 0.887. The van der Waals surface area contributed by atoms with E-state index in [9.17, 15) is 108 Å². The molecule has 0 bridgehead atoms. The Hall–Kier alpha value is -5.23. The topological polar surface area (TPSA) is 607 Å². The molecule has 5 fully saturated rings. The molecule has 44 heteroatoms. The van der Waals surface area contributed by atoms with Gasteiger partial charge in [0.15, 0.2) is 24.5 Å². The van der Waals surface area contributed by atoms with E-state index in [1.807, 2.05) is 0 Å². The van der Waals surface area contributed by atoms with E-state index in [0.29, 0.717) is 190 Å². The van der Waals surface area contributed by atoms with Crippen LogP contribution in [0.25, 0.3) is 11.2 Å². The third-order valence-corrected chi connectivity index (χ3v) is 28.7. The minimum Gasteiger partial charge on any atom is -0.778 e. The van der Waals surface area contributed by atoms with Crippen molar-refractivity contribution in [3.05, 3.63) is 18.3 Å². The van der Waals surface area contributed by atoms with Crippen molar-refractivity contribution in [2.45, 2.75) is 388 Å². The number of β-amino-alcohol motifs (C(OH)–C–C–N with tert-alkyl or cyclic N) is 1. The average Bonchev–Trinajstić information content (AvgIpc) is 1.62. The van der Waals surface area contributed by atoms with Gasteiger partial charge in [-0.2, -0.15) is 0 Å². The lowest BCUT2D eigenvalue weighted by atomic mass is 9.92. The molecule has 0 radical (unpaired) electrons. The van der Waals surface area contributed by atoms with Gasteiger partial charge in [-0.3, -0.25) is 52.0 Å². The number of ether oxygens (including phenoxy) is 10. The number of Topliss-reactive ketones (excluding diaryl/α,β-unsaturated/α-hetero) is 5. The molecule has 7 heterocycles. The van der Waals surface area contributed by atoms with Crippen LogP contribution in [0.5, 0.6) is 0 Å². The van der Waals surface area contributed by atoms with Crippen LogP contribution >= 0.6 is 15.4 Å². The number of aryl methyl sites for hydroxylation is 1. The lowest BCUT2D eigenvalue weighted by molar-refractivity contribution is -0.282. The maximum absolute atomic E-state index is 14.3. The van der Waals surface area contributed by atoms with Crippen molar-refractivity contribution in [1.29, 1.82) is 0 Å². The molecule has 3 amide bonds. The number of carbonyl (C=O) groups is 8. The number of unbranched alkanes of at least 4 members (excludes halogenated alkanes) is 13. The lowest BCUT2D eigenvalue weighted by Gasteiger charge is -2.40. The number of aliphatic hydroxyl groups excluding tert-OH is 10. The molecular formula is C93H158N7O35P2-. The van der Waals surface area contributed by atoms with Crippen molar-refractivity contribution in [3.8, 4) is 0 Å². The molecule has 0 aliphatic carbocycles. The van der Waals surface area contributed by atoms with Crippen LogP contribution < -0.4 is 15.5 Å². The quantitative estimate of drug-likeness (QED) is 0.0296. The van der Waals surface area contributed by atoms with Gasteiger partial charge in [-0.1, -0.05) is 73.1 Å². The summed E-state index contributed by atoms with van der Waals surface area (Å²) in [5.74, 6) is -2.49. The summed E-state index contributed by atoms with van der Waals surface area (Å²) in [6.07, 6.45) is 0.420. The van der Waals surface area contributed by atoms with Gasteiger partial charge in [0.2, 0.25) is 17.7 Å². The standard InChI is InChI=1S/C93H159N7O35P2/c1-61(2)136(119,120)129-56-77-73(50-81(131-77)100-60-97-82-65(6)95-59-96-89(82)100)135-137(121,122)130-55-66-49-72(109)51-99(66)80(112)36-18-10-8-7-9-17-35-79(111)98-93(57-124-46-38-71(108)30-16-12-14-28-68(105)33-21-25-43-127-91-63(4)84(114)87(117)75(53-102)133-91,58-125-47-39-78(110)94-41-23-19-31-69(106)34-22-26-44-128-92-64(5)85(115)88(118)76(54-103)134-92)40-48-123-45-37-70(107)29-15-11-13-27-67(104)32-20-24-42-126-90-62(3)83(113)86(116)74(52-101)132-90/h59-64,66,72-77,81,83-88,90-92,101-103,109,113-118H,7-58H2,1-6H3,(H,94,110)(H,98,111)(H,119,120)(H,121,122)/p-1/t62-,63-,64-,66+,72-,73-,74?,75?,76?,77+,81+,83?,84?,85?,86-,87-,88-,90+,91+,92+,93?/m0/s1. The number of nitrogens with zero attached hydrogens (tertiary/aromatic N) is 5. The molecule has 2 aromatic rings. The number of nitrogens with one attached hydrogen (secondary N) is 2. The van der Waals surface area contributed by atoms with Gasteiger partial charge in [0.1, 0.15) is 103 Å². The van der Waals surface area contributed by atoms with Crippen molar-refractivity contribution >= 4 is 73.2 Å². The molecule has 9 unspecified atom stereocenters. The number of phosphoric acid groups is 1. The molecule has 23 atom stereocenters. The summed E-state index contributed by atoms with van der Waals surface area (Å²) >= 11 is 0. The van der Waals surface area contributed by atoms with Gasteiger partial charge in [0, 0.05) is 153 Å². The van der Waals surface area contributed by atoms with E-state index < -0.39 is 182 Å². The van der Waals surface area contributed by atoms with Crippen LogP contribution in [0.15, 0.2) is 12.7 Å². The molecule has 786 valence electrons. The molecule has 42 nitrogen and oxygen atoms in total. The molecule has 13 N–H and O–H groups in total. The van der Waals surface area contributed by atoms with E-state index >= 15 is 0 Å². The maximum atomic E-state index is 14.3. The number of hydrogen-bond donors (Lipinski definition) is 13. The first-order valence-electron chi connectivity index (χ1n) is 49.5. The zero-order chi connectivity index (χ0) is 100. The highest BCUT2D eigenvalue weighted by atomic mass is 31.2. The highest BCUT2D eigenvalue weighted by molar-refractivity contribution is 7.52. The molecule has 5 aliphatic rings. The zero-order valence-corrected chi connectivity index (χ0v) is 82.7. The van der Waals surface area contributed by atoms with Crippen LogP contribution in [0.3, 0.4) is 0 Å². The van der Waals surface area contributed by atoms with Crippen LogP contribution in [-0.4, -0.2) is 342 Å². The number of phosphoric ester groups is 1. The molecule has 5 saturated heterocycles. The minimum absolute atomic E-state index is 0.0241. The predicted molar refractivity (Wildman–Crippen MR) is 491 cm³/mol. The smallest absolute Gasteiger partial charge is 0.472 e. The van der Waals surface area contributed by atoms with Crippen LogP contribution in [-0.2, 0) is 108 Å². The van der Waals surface area contributed by atoms with E-state index in [-0.39, 0.29) is 177 Å². The van der Waals surface area contributed by atoms with Crippen molar-refractivity contribution < 1.29 is 169 Å². The Bertz CT molecular complexity index is 3900. The Morgan fingerprint density at radius 2 is 0.920 bits per heavy atom. The summed E-state index contributed by atoms with van der Waals surface area (Å²) in [6, 6.07) is -0.795. The SMILES string of the molecule is Cc1ncnc2c1ncn2[C@H]1C[C@H](OP(=O)(O)OC[C@H]2C[C@H](O)CN2C(=O)CCCCCCCCC(=O)NC(CCOCCC(=O)CCCCCC(=O)CCCCO[C@@H]2OC(CO)[C@H](O)C(O)[C@@H]2C)(COCCC(=O)CCCCCC(=O)CCCCO[C@@H]2OC(CO)[C@H](O)C(O)[C@@H]2C)COCCC(=O)NCCCCC(=O)CCCCO[C@@H]2OC(CO)[C@H](O)C(O)[C@@H]2C)[C@@H](COP(=O)([O-])C(C)C)O1. The van der Waals surface area contributed by atoms with Crippen molar-refractivity contribution in [2.75, 3.05) is 106 Å². The van der Waals surface area contributed by atoms with Gasteiger partial charge >= 0.3 is 7.82 Å². The van der Waals surface area contributed by atoms with Crippen molar-refractivity contribution in [3.63, 3.8) is 0 Å². The van der Waals surface area contributed by atoms with Crippen LogP contribution in [0, 0.1) is 24.7 Å². The summed E-state index contributed by atoms with van der Waals surface area (Å²) in [7, 11) is -9.34. The largest absolute Gasteiger partial charge is 0.778 e. The molecule has 0 spiro atoms. The third-order valence-electron chi connectivity index (χ3n) is 25.9. The number of fused-ring (bicyclic) bond motifs is 1. The Morgan fingerprint density at radius 3 is 1.40 bits per heavy atom. The molecule has 0 saturated carbocycles. The maximum Gasteiger partial charge on any atom is 0.472 e. The van der Waals surface area contributed by atoms with Gasteiger partial charge < -0.3 is 133 Å². The highest BCUT2D eigenvalue weighted by Crippen LogP contribution is 2.51. The fourth-order valence-electron chi connectivity index (χ4n) is 17.0. The second-order valence-electron chi connectivity index (χ2n) is 37.5. The van der Waals surface area contributed by atoms with Crippen LogP contribution in [0.4, 0.5) is 0 Å². The first-order valence-corrected chi connectivity index (χ1v) is 52.6. The van der Waals surface area contributed by atoms with E-state index in [2.05, 4.69) is 25.6 Å². The molecule has 137 heavy (non-hydrogen) atoms. The van der Waals surface area contributed by atoms with Crippen LogP contribution in [0.1, 0.15) is 278 Å². The normalized spacial score (nSPS) is 27.2. The van der Waals surface area contributed by atoms with Gasteiger partial charge in [-0.25, -0.2) is 19.5 Å². The molecule has 5 aliphatic heterocycles. The minimum atomic E-state index is -4.96. The number of likely N-dealkylation sites (tertiary alicyclic amines) is 1. The summed E-state index contributed by atoms with van der Waals surface area (Å²) in [4.78, 5) is 144. The number of imidazole rings is 1. The average molecular weight is 2000 g/mol. The molecular weight excluding hydrogens is 1840 g/mol. The summed E-state index contributed by atoms with van der Waals surface area (Å²) in [5.41, 5.74) is -0.687. The first-order chi connectivity index (χ1) is 65.5. The molecule has 7 rings (SSSR count). The van der Waals surface area contributed by atoms with Crippen LogP contribution in [0.2, 0.25) is 0 Å². The highest BCUT2D eigenvalue weighted by Gasteiger charge is 2.48. The predicted octanol–water partition coefficient (Wildman–Crippen LogP) is 5.27. The summed E-state index contributed by atoms with van der Waals surface area (Å²) in [6.45, 7) is 7.88. The fourth-order valence-corrected chi connectivity index (χ4v) is 18.7.